The zero-order valence-corrected chi connectivity index (χ0v) is 25.9. The predicted octanol–water partition coefficient (Wildman–Crippen LogP) is 10.0. The summed E-state index contributed by atoms with van der Waals surface area (Å²) in [6.45, 7) is 2.06. The first-order chi connectivity index (χ1) is 22.5. The van der Waals surface area contributed by atoms with E-state index >= 15 is 0 Å². The van der Waals surface area contributed by atoms with E-state index in [1.165, 1.54) is 21.5 Å². The molecule has 0 N–H and O–H groups in total. The zero-order chi connectivity index (χ0) is 31.0. The summed E-state index contributed by atoms with van der Waals surface area (Å²) in [5.41, 5.74) is 8.32. The molecule has 5 heteroatoms. The summed E-state index contributed by atoms with van der Waals surface area (Å²) in [7, 11) is -3.71. The fourth-order valence-corrected chi connectivity index (χ4v) is 8.61. The molecule has 0 fully saturated rings. The topological polar surface area (TPSA) is 52.0 Å². The summed E-state index contributed by atoms with van der Waals surface area (Å²) in [5.74, 6) is 0.839. The molecule has 0 saturated carbocycles. The first-order valence-electron chi connectivity index (χ1n) is 15.5. The van der Waals surface area contributed by atoms with Crippen LogP contribution >= 0.6 is 0 Å². The molecule has 0 spiro atoms. The van der Waals surface area contributed by atoms with Crippen LogP contribution in [-0.4, -0.2) is 18.0 Å². The number of nitrogens with zero attached hydrogens (tertiary/aromatic N) is 2. The largest absolute Gasteiger partial charge is 0.294 e. The molecule has 220 valence electrons. The van der Waals surface area contributed by atoms with E-state index in [4.69, 9.17) is 4.98 Å². The standard InChI is InChI=1S/C41H28N2O2S/c1-2-39-42-40-35(19-20-38-41(40)43(39)36-13-7-8-14-37(36)46(38,44)45)34-24-32(30-17-15-26-9-3-5-11-28(26)21-30)23-33(25-34)31-18-16-27-10-4-6-12-29(27)22-31/h3-25H,2H2,1H3. The number of rotatable bonds is 4. The van der Waals surface area contributed by atoms with Gasteiger partial charge in [-0.1, -0.05) is 97.9 Å². The van der Waals surface area contributed by atoms with Crippen LogP contribution in [0.3, 0.4) is 0 Å². The van der Waals surface area contributed by atoms with E-state index in [0.29, 0.717) is 32.9 Å². The fourth-order valence-electron chi connectivity index (χ4n) is 6.99. The SMILES string of the molecule is CCc1nc2c(-c3cc(-c4ccc5ccccc5c4)cc(-c4ccc5ccccc5c4)c3)ccc3c2n1-c1ccccc1S3(=O)=O. The average molecular weight is 613 g/mol. The third-order valence-electron chi connectivity index (χ3n) is 9.25. The zero-order valence-electron chi connectivity index (χ0n) is 25.1. The van der Waals surface area contributed by atoms with Crippen molar-refractivity contribution in [2.45, 2.75) is 23.1 Å². The minimum atomic E-state index is -3.71. The highest BCUT2D eigenvalue weighted by Gasteiger charge is 2.34. The molecule has 2 heterocycles. The van der Waals surface area contributed by atoms with Crippen molar-refractivity contribution in [2.75, 3.05) is 0 Å². The van der Waals surface area contributed by atoms with Gasteiger partial charge in [-0.05, 0) is 97.9 Å². The van der Waals surface area contributed by atoms with Crippen molar-refractivity contribution >= 4 is 42.4 Å². The number of sulfone groups is 1. The maximum atomic E-state index is 13.9. The predicted molar refractivity (Wildman–Crippen MR) is 187 cm³/mol. The third kappa shape index (κ3) is 3.98. The van der Waals surface area contributed by atoms with Gasteiger partial charge >= 0.3 is 0 Å². The molecule has 0 unspecified atom stereocenters. The normalized spacial score (nSPS) is 13.3. The van der Waals surface area contributed by atoms with Crippen molar-refractivity contribution in [3.8, 4) is 39.1 Å². The Morgan fingerprint density at radius 1 is 0.543 bits per heavy atom. The number of para-hydroxylation sites is 1. The molecule has 0 atom stereocenters. The van der Waals surface area contributed by atoms with Crippen molar-refractivity contribution in [1.29, 1.82) is 0 Å². The summed E-state index contributed by atoms with van der Waals surface area (Å²) >= 11 is 0. The lowest BCUT2D eigenvalue weighted by molar-refractivity contribution is 0.594. The van der Waals surface area contributed by atoms with Gasteiger partial charge < -0.3 is 0 Å². The lowest BCUT2D eigenvalue weighted by atomic mass is 9.91. The highest BCUT2D eigenvalue weighted by atomic mass is 32.2. The van der Waals surface area contributed by atoms with E-state index in [-0.39, 0.29) is 0 Å². The van der Waals surface area contributed by atoms with Gasteiger partial charge in [-0.3, -0.25) is 4.57 Å². The Morgan fingerprint density at radius 2 is 1.11 bits per heavy atom. The highest BCUT2D eigenvalue weighted by Crippen LogP contribution is 2.44. The van der Waals surface area contributed by atoms with Crippen molar-refractivity contribution < 1.29 is 8.42 Å². The van der Waals surface area contributed by atoms with Crippen molar-refractivity contribution in [1.82, 2.24) is 9.55 Å². The van der Waals surface area contributed by atoms with Gasteiger partial charge in [-0.2, -0.15) is 0 Å². The van der Waals surface area contributed by atoms with Gasteiger partial charge in [0.15, 0.2) is 0 Å². The van der Waals surface area contributed by atoms with Crippen molar-refractivity contribution in [3.05, 3.63) is 145 Å². The van der Waals surface area contributed by atoms with Crippen molar-refractivity contribution in [2.24, 2.45) is 0 Å². The highest BCUT2D eigenvalue weighted by molar-refractivity contribution is 7.92. The van der Waals surface area contributed by atoms with Gasteiger partial charge in [0, 0.05) is 12.0 Å². The molecule has 1 aliphatic rings. The number of fused-ring (bicyclic) bond motifs is 4. The Bertz CT molecular complexity index is 2550. The fraction of sp³-hybridized carbons (Fsp3) is 0.0488. The molecule has 1 aromatic heterocycles. The molecule has 0 bridgehead atoms. The molecule has 0 radical (unpaired) electrons. The van der Waals surface area contributed by atoms with E-state index in [0.717, 1.165) is 39.2 Å². The second-order valence-corrected chi connectivity index (χ2v) is 13.8. The van der Waals surface area contributed by atoms with E-state index in [1.807, 2.05) is 22.8 Å². The van der Waals surface area contributed by atoms with Gasteiger partial charge in [0.2, 0.25) is 9.84 Å². The summed E-state index contributed by atoms with van der Waals surface area (Å²) in [5, 5.41) is 4.76. The number of aryl methyl sites for hydroxylation is 1. The number of hydrogen-bond acceptors (Lipinski definition) is 3. The van der Waals surface area contributed by atoms with E-state index in [1.54, 1.807) is 18.2 Å². The number of hydrogen-bond donors (Lipinski definition) is 0. The van der Waals surface area contributed by atoms with E-state index < -0.39 is 9.84 Å². The number of aromatic nitrogens is 2. The summed E-state index contributed by atoms with van der Waals surface area (Å²) < 4.78 is 29.8. The van der Waals surface area contributed by atoms with E-state index in [2.05, 4.69) is 110 Å². The third-order valence-corrected chi connectivity index (χ3v) is 11.1. The van der Waals surface area contributed by atoms with Gasteiger partial charge in [0.1, 0.15) is 5.82 Å². The molecule has 0 saturated heterocycles. The molecule has 46 heavy (non-hydrogen) atoms. The van der Waals surface area contributed by atoms with Crippen LogP contribution in [0.4, 0.5) is 0 Å². The molecule has 8 aromatic rings. The number of imidazole rings is 1. The second kappa shape index (κ2) is 9.99. The molecule has 0 amide bonds. The lowest BCUT2D eigenvalue weighted by Crippen LogP contribution is -2.15. The Balaban J connectivity index is 1.33. The van der Waals surface area contributed by atoms with Crippen LogP contribution in [0.5, 0.6) is 0 Å². The Labute approximate surface area is 267 Å². The van der Waals surface area contributed by atoms with E-state index in [9.17, 15) is 8.42 Å². The van der Waals surface area contributed by atoms with Crippen LogP contribution < -0.4 is 0 Å². The lowest BCUT2D eigenvalue weighted by Gasteiger charge is -2.21. The average Bonchev–Trinajstić information content (AvgIpc) is 3.50. The van der Waals surface area contributed by atoms with Crippen LogP contribution in [0.25, 0.3) is 71.6 Å². The minimum Gasteiger partial charge on any atom is -0.294 e. The van der Waals surface area contributed by atoms with Gasteiger partial charge in [-0.25, -0.2) is 13.4 Å². The Morgan fingerprint density at radius 3 is 1.74 bits per heavy atom. The van der Waals surface area contributed by atoms with Crippen molar-refractivity contribution in [3.63, 3.8) is 0 Å². The molecule has 0 aliphatic carbocycles. The first kappa shape index (κ1) is 26.8. The molecule has 4 nitrogen and oxygen atoms in total. The molecule has 7 aromatic carbocycles. The van der Waals surface area contributed by atoms with Gasteiger partial charge in [0.05, 0.1) is 26.5 Å². The van der Waals surface area contributed by atoms with Crippen LogP contribution in [-0.2, 0) is 16.3 Å². The van der Waals surface area contributed by atoms with Gasteiger partial charge in [0.25, 0.3) is 0 Å². The minimum absolute atomic E-state index is 0.303. The molecular weight excluding hydrogens is 585 g/mol. The Kier molecular flexibility index (Phi) is 5.83. The molecular formula is C41H28N2O2S. The summed E-state index contributed by atoms with van der Waals surface area (Å²) in [6, 6.07) is 47.6. The second-order valence-electron chi connectivity index (χ2n) is 11.9. The summed E-state index contributed by atoms with van der Waals surface area (Å²) in [6.07, 6.45) is 0.668. The maximum Gasteiger partial charge on any atom is 0.210 e. The summed E-state index contributed by atoms with van der Waals surface area (Å²) in [4.78, 5) is 5.75. The maximum absolute atomic E-state index is 13.9. The van der Waals surface area contributed by atoms with Crippen LogP contribution in [0.2, 0.25) is 0 Å². The first-order valence-corrected chi connectivity index (χ1v) is 17.0. The molecule has 9 rings (SSSR count). The van der Waals surface area contributed by atoms with Crippen LogP contribution in [0.1, 0.15) is 12.7 Å². The van der Waals surface area contributed by atoms with Crippen LogP contribution in [0.15, 0.2) is 149 Å². The molecule has 1 aliphatic heterocycles. The van der Waals surface area contributed by atoms with Gasteiger partial charge in [-0.15, -0.1) is 0 Å². The Hall–Kier alpha value is -5.52. The quantitative estimate of drug-likeness (QED) is 0.199. The monoisotopic (exact) mass is 612 g/mol. The van der Waals surface area contributed by atoms with Crippen LogP contribution in [0, 0.1) is 0 Å². The number of benzene rings is 7. The smallest absolute Gasteiger partial charge is 0.210 e.